The second kappa shape index (κ2) is 11.0. The van der Waals surface area contributed by atoms with Crippen molar-refractivity contribution in [3.63, 3.8) is 0 Å². The minimum Gasteiger partial charge on any atom is -0.375 e. The second-order valence-electron chi connectivity index (χ2n) is 8.16. The fraction of sp³-hybridized carbons (Fsp3) is 0.850. The molecule has 0 saturated carbocycles. The first-order valence-corrected chi connectivity index (χ1v) is 9.88. The van der Waals surface area contributed by atoms with E-state index in [0.29, 0.717) is 38.3 Å². The van der Waals surface area contributed by atoms with E-state index >= 15 is 0 Å². The Morgan fingerprint density at radius 1 is 1.16 bits per heavy atom. The first-order chi connectivity index (χ1) is 11.5. The molecule has 0 bridgehead atoms. The Labute approximate surface area is 159 Å². The van der Waals surface area contributed by atoms with Gasteiger partial charge in [-0.25, -0.2) is 0 Å². The van der Waals surface area contributed by atoms with Crippen LogP contribution in [0.15, 0.2) is 0 Å². The predicted octanol–water partition coefficient (Wildman–Crippen LogP) is 4.35. The van der Waals surface area contributed by atoms with Crippen molar-refractivity contribution < 1.29 is 14.3 Å². The number of Topliss-reactive ketones (excluding diaryl/α,β-unsaturated/α-hetero) is 1. The average molecular weight is 372 g/mol. The molecule has 0 spiro atoms. The van der Waals surface area contributed by atoms with Crippen molar-refractivity contribution in [3.8, 4) is 0 Å². The Hall–Kier alpha value is -0.810. The lowest BCUT2D eigenvalue weighted by atomic mass is 9.87. The van der Waals surface area contributed by atoms with Crippen LogP contribution in [0.4, 0.5) is 0 Å². The molecule has 2 unspecified atom stereocenters. The molecule has 0 fully saturated rings. The van der Waals surface area contributed by atoms with Crippen molar-refractivity contribution in [1.82, 2.24) is 5.32 Å². The van der Waals surface area contributed by atoms with E-state index in [1.54, 1.807) is 0 Å². The number of nitrogens with one attached hydrogen (secondary N) is 1. The SMILES string of the molecule is CCC(C)(CCC(=O)C(C)C)OCCC(C)(C=S)C(=O)NCC(C)C. The first kappa shape index (κ1) is 24.2. The van der Waals surface area contributed by atoms with E-state index < -0.39 is 5.41 Å². The minimum atomic E-state index is -0.716. The maximum Gasteiger partial charge on any atom is 0.230 e. The van der Waals surface area contributed by atoms with E-state index in [2.05, 4.69) is 26.1 Å². The number of ether oxygens (including phenoxy) is 1. The molecule has 0 aliphatic carbocycles. The zero-order valence-electron chi connectivity index (χ0n) is 17.1. The number of amides is 1. The number of carbonyl (C=O) groups is 2. The van der Waals surface area contributed by atoms with Crippen LogP contribution < -0.4 is 5.32 Å². The molecule has 0 aromatic carbocycles. The van der Waals surface area contributed by atoms with Crippen LogP contribution in [-0.4, -0.2) is 35.8 Å². The Balaban J connectivity index is 4.61. The largest absolute Gasteiger partial charge is 0.375 e. The van der Waals surface area contributed by atoms with Gasteiger partial charge in [-0.15, -0.1) is 0 Å². The van der Waals surface area contributed by atoms with Crippen LogP contribution in [0.3, 0.4) is 0 Å². The summed E-state index contributed by atoms with van der Waals surface area (Å²) in [6.45, 7) is 15.0. The molecule has 4 nitrogen and oxygen atoms in total. The highest BCUT2D eigenvalue weighted by atomic mass is 32.1. The van der Waals surface area contributed by atoms with Gasteiger partial charge in [0.2, 0.25) is 5.91 Å². The second-order valence-corrected chi connectivity index (χ2v) is 8.40. The number of hydrogen-bond acceptors (Lipinski definition) is 4. The van der Waals surface area contributed by atoms with Gasteiger partial charge in [-0.1, -0.05) is 46.8 Å². The molecule has 0 aromatic rings. The third-order valence-electron chi connectivity index (χ3n) is 4.81. The molecule has 0 rings (SSSR count). The van der Waals surface area contributed by atoms with Crippen molar-refractivity contribution in [2.75, 3.05) is 13.2 Å². The maximum atomic E-state index is 12.4. The van der Waals surface area contributed by atoms with Gasteiger partial charge in [-0.2, -0.15) is 0 Å². The number of rotatable bonds is 13. The van der Waals surface area contributed by atoms with Crippen molar-refractivity contribution in [3.05, 3.63) is 0 Å². The molecule has 0 radical (unpaired) electrons. The summed E-state index contributed by atoms with van der Waals surface area (Å²) < 4.78 is 6.08. The van der Waals surface area contributed by atoms with Gasteiger partial charge < -0.3 is 10.1 Å². The van der Waals surface area contributed by atoms with Gasteiger partial charge in [-0.05, 0) is 44.4 Å². The average Bonchev–Trinajstić information content (AvgIpc) is 2.56. The molecular weight excluding hydrogens is 334 g/mol. The third kappa shape index (κ3) is 8.91. The van der Waals surface area contributed by atoms with Gasteiger partial charge >= 0.3 is 0 Å². The monoisotopic (exact) mass is 371 g/mol. The van der Waals surface area contributed by atoms with E-state index in [1.807, 2.05) is 27.7 Å². The summed E-state index contributed by atoms with van der Waals surface area (Å²) in [6.07, 6.45) is 2.59. The molecule has 0 aliphatic heterocycles. The minimum absolute atomic E-state index is 0.0482. The highest BCUT2D eigenvalue weighted by Crippen LogP contribution is 2.26. The van der Waals surface area contributed by atoms with Crippen molar-refractivity contribution in [2.45, 2.75) is 79.8 Å². The number of carbonyl (C=O) groups excluding carboxylic acids is 2. The molecular formula is C20H37NO3S. The summed E-state index contributed by atoms with van der Waals surface area (Å²) >= 11 is 5.11. The molecule has 25 heavy (non-hydrogen) atoms. The third-order valence-corrected chi connectivity index (χ3v) is 5.33. The summed E-state index contributed by atoms with van der Waals surface area (Å²) in [5, 5.41) is 4.49. The van der Waals surface area contributed by atoms with Gasteiger partial charge in [0.1, 0.15) is 5.78 Å². The van der Waals surface area contributed by atoms with Gasteiger partial charge in [-0.3, -0.25) is 9.59 Å². The summed E-state index contributed by atoms with van der Waals surface area (Å²) in [5.74, 6) is 0.674. The van der Waals surface area contributed by atoms with Crippen LogP contribution >= 0.6 is 12.2 Å². The Morgan fingerprint density at radius 3 is 2.20 bits per heavy atom. The standard InChI is InChI=1S/C20H37NO3S/c1-8-20(7,10-9-17(22)16(4)5)24-12-11-19(6,14-25)18(23)21-13-15(2)3/h14-16H,8-13H2,1-7H3,(H,21,23). The summed E-state index contributed by atoms with van der Waals surface area (Å²) in [6, 6.07) is 0. The Bertz CT molecular complexity index is 450. The summed E-state index contributed by atoms with van der Waals surface area (Å²) in [4.78, 5) is 24.3. The number of hydrogen-bond donors (Lipinski definition) is 1. The molecule has 0 aromatic heterocycles. The van der Waals surface area contributed by atoms with Crippen LogP contribution in [0, 0.1) is 17.3 Å². The van der Waals surface area contributed by atoms with Crippen molar-refractivity contribution in [2.24, 2.45) is 17.3 Å². The van der Waals surface area contributed by atoms with E-state index in [9.17, 15) is 9.59 Å². The van der Waals surface area contributed by atoms with Crippen LogP contribution in [0.25, 0.3) is 0 Å². The smallest absolute Gasteiger partial charge is 0.230 e. The topological polar surface area (TPSA) is 55.4 Å². The highest BCUT2D eigenvalue weighted by molar-refractivity contribution is 7.79. The molecule has 5 heteroatoms. The normalized spacial score (nSPS) is 16.4. The molecule has 1 amide bonds. The molecule has 146 valence electrons. The van der Waals surface area contributed by atoms with Crippen LogP contribution in [0.5, 0.6) is 0 Å². The lowest BCUT2D eigenvalue weighted by Gasteiger charge is -2.31. The van der Waals surface area contributed by atoms with Crippen LogP contribution in [0.1, 0.15) is 74.1 Å². The Morgan fingerprint density at radius 2 is 1.76 bits per heavy atom. The van der Waals surface area contributed by atoms with Gasteiger partial charge in [0, 0.05) is 25.5 Å². The number of thiocarbonyl (C=S) groups is 1. The molecule has 2 atom stereocenters. The highest BCUT2D eigenvalue weighted by Gasteiger charge is 2.32. The maximum absolute atomic E-state index is 12.4. The van der Waals surface area contributed by atoms with Gasteiger partial charge in [0.15, 0.2) is 0 Å². The van der Waals surface area contributed by atoms with E-state index in [1.165, 1.54) is 5.37 Å². The lowest BCUT2D eigenvalue weighted by molar-refractivity contribution is -0.128. The predicted molar refractivity (Wildman–Crippen MR) is 108 cm³/mol. The van der Waals surface area contributed by atoms with Crippen LogP contribution in [0.2, 0.25) is 0 Å². The molecule has 0 aliphatic rings. The van der Waals surface area contributed by atoms with Gasteiger partial charge in [0.25, 0.3) is 0 Å². The van der Waals surface area contributed by atoms with E-state index in [0.717, 1.165) is 6.42 Å². The van der Waals surface area contributed by atoms with E-state index in [-0.39, 0.29) is 23.2 Å². The van der Waals surface area contributed by atoms with Crippen LogP contribution in [-0.2, 0) is 14.3 Å². The van der Waals surface area contributed by atoms with Gasteiger partial charge in [0.05, 0.1) is 11.0 Å². The zero-order chi connectivity index (χ0) is 19.7. The summed E-state index contributed by atoms with van der Waals surface area (Å²) in [5.41, 5.74) is -1.06. The molecule has 0 saturated heterocycles. The molecule has 1 N–H and O–H groups in total. The Kier molecular flexibility index (Phi) is 10.7. The lowest BCUT2D eigenvalue weighted by Crippen LogP contribution is -2.42. The van der Waals surface area contributed by atoms with E-state index in [4.69, 9.17) is 17.0 Å². The first-order valence-electron chi connectivity index (χ1n) is 9.41. The fourth-order valence-corrected chi connectivity index (χ4v) is 2.49. The number of ketones is 1. The fourth-order valence-electron chi connectivity index (χ4n) is 2.26. The molecule has 0 heterocycles. The zero-order valence-corrected chi connectivity index (χ0v) is 17.9. The quantitative estimate of drug-likeness (QED) is 0.489. The summed E-state index contributed by atoms with van der Waals surface area (Å²) in [7, 11) is 0. The van der Waals surface area contributed by atoms with Crippen molar-refractivity contribution >= 4 is 29.3 Å². The van der Waals surface area contributed by atoms with Crippen molar-refractivity contribution in [1.29, 1.82) is 0 Å².